The maximum atomic E-state index is 9.81. The molecule has 0 spiro atoms. The van der Waals surface area contributed by atoms with Gasteiger partial charge in [-0.25, -0.2) is 0 Å². The molecule has 54 valence electrons. The van der Waals surface area contributed by atoms with Crippen molar-refractivity contribution < 1.29 is 10.0 Å². The SMILES string of the molecule is CCC(O)C(Cl)[N+](=O)[O-]. The van der Waals surface area contributed by atoms with Crippen molar-refractivity contribution in [2.24, 2.45) is 0 Å². The lowest BCUT2D eigenvalue weighted by Crippen LogP contribution is -2.27. The Morgan fingerprint density at radius 1 is 1.89 bits per heavy atom. The van der Waals surface area contributed by atoms with Crippen LogP contribution in [0, 0.1) is 10.1 Å². The predicted molar refractivity (Wildman–Crippen MR) is 32.9 cm³/mol. The summed E-state index contributed by atoms with van der Waals surface area (Å²) in [5.41, 5.74) is -1.37. The van der Waals surface area contributed by atoms with E-state index in [0.717, 1.165) is 0 Å². The van der Waals surface area contributed by atoms with Gasteiger partial charge in [0.25, 0.3) is 0 Å². The van der Waals surface area contributed by atoms with Crippen LogP contribution in [0.3, 0.4) is 0 Å². The molecule has 4 nitrogen and oxygen atoms in total. The van der Waals surface area contributed by atoms with Gasteiger partial charge in [-0.1, -0.05) is 6.92 Å². The molecule has 0 aliphatic carbocycles. The number of nitro groups is 1. The highest BCUT2D eigenvalue weighted by Crippen LogP contribution is 2.05. The van der Waals surface area contributed by atoms with Gasteiger partial charge in [0.1, 0.15) is 6.10 Å². The van der Waals surface area contributed by atoms with Crippen molar-refractivity contribution >= 4 is 11.6 Å². The molecule has 0 heterocycles. The summed E-state index contributed by atoms with van der Waals surface area (Å²) in [4.78, 5) is 9.10. The number of aliphatic hydroxyl groups is 1. The summed E-state index contributed by atoms with van der Waals surface area (Å²) in [6.45, 7) is 1.63. The second-order valence-corrected chi connectivity index (χ2v) is 2.08. The maximum absolute atomic E-state index is 9.81. The van der Waals surface area contributed by atoms with Gasteiger partial charge in [0, 0.05) is 4.92 Å². The molecule has 9 heavy (non-hydrogen) atoms. The molecule has 0 fully saturated rings. The highest BCUT2D eigenvalue weighted by Gasteiger charge is 2.24. The minimum absolute atomic E-state index is 0.301. The number of nitrogens with zero attached hydrogens (tertiary/aromatic N) is 1. The molecule has 0 aromatic carbocycles. The summed E-state index contributed by atoms with van der Waals surface area (Å²) < 4.78 is 0. The van der Waals surface area contributed by atoms with Crippen molar-refractivity contribution in [1.82, 2.24) is 0 Å². The van der Waals surface area contributed by atoms with Crippen LogP contribution in [-0.2, 0) is 0 Å². The highest BCUT2D eigenvalue weighted by molar-refractivity contribution is 6.19. The van der Waals surface area contributed by atoms with Crippen molar-refractivity contribution in [3.05, 3.63) is 10.1 Å². The van der Waals surface area contributed by atoms with Crippen molar-refractivity contribution in [2.45, 2.75) is 24.9 Å². The monoisotopic (exact) mass is 153 g/mol. The third-order valence-electron chi connectivity index (χ3n) is 0.937. The number of alkyl halides is 1. The van der Waals surface area contributed by atoms with E-state index >= 15 is 0 Å². The summed E-state index contributed by atoms with van der Waals surface area (Å²) in [6, 6.07) is 0. The molecule has 0 aromatic rings. The largest absolute Gasteiger partial charge is 0.385 e. The van der Waals surface area contributed by atoms with Crippen LogP contribution in [-0.4, -0.2) is 21.6 Å². The molecule has 0 aliphatic rings. The van der Waals surface area contributed by atoms with Gasteiger partial charge in [-0.05, 0) is 18.0 Å². The molecule has 0 bridgehead atoms. The first-order valence-electron chi connectivity index (χ1n) is 2.55. The van der Waals surface area contributed by atoms with Crippen molar-refractivity contribution in [3.8, 4) is 0 Å². The van der Waals surface area contributed by atoms with Crippen LogP contribution in [0.5, 0.6) is 0 Å². The Labute approximate surface area is 57.6 Å². The molecule has 0 amide bonds. The van der Waals surface area contributed by atoms with Gasteiger partial charge in [-0.3, -0.25) is 10.1 Å². The molecule has 0 aliphatic heterocycles. The molecule has 0 saturated carbocycles. The number of aliphatic hydroxyl groups excluding tert-OH is 1. The average molecular weight is 154 g/mol. The molecular weight excluding hydrogens is 146 g/mol. The first kappa shape index (κ1) is 8.65. The quantitative estimate of drug-likeness (QED) is 0.280. The standard InChI is InChI=1S/C4H8ClNO3/c1-2-3(7)4(5)6(8)9/h3-4,7H,2H2,1H3. The fraction of sp³-hybridized carbons (Fsp3) is 1.00. The van der Waals surface area contributed by atoms with Crippen LogP contribution in [0.15, 0.2) is 0 Å². The van der Waals surface area contributed by atoms with Crippen LogP contribution >= 0.6 is 11.6 Å². The van der Waals surface area contributed by atoms with E-state index in [-0.39, 0.29) is 0 Å². The Kier molecular flexibility index (Phi) is 3.49. The van der Waals surface area contributed by atoms with Gasteiger partial charge < -0.3 is 5.11 Å². The number of rotatable bonds is 3. The van der Waals surface area contributed by atoms with Crippen molar-refractivity contribution in [2.75, 3.05) is 0 Å². The van der Waals surface area contributed by atoms with Crippen molar-refractivity contribution in [3.63, 3.8) is 0 Å². The molecule has 0 radical (unpaired) electrons. The zero-order chi connectivity index (χ0) is 7.44. The number of hydrogen-bond acceptors (Lipinski definition) is 3. The Balaban J connectivity index is 3.72. The van der Waals surface area contributed by atoms with Crippen LogP contribution in [0.1, 0.15) is 13.3 Å². The lowest BCUT2D eigenvalue weighted by atomic mass is 10.3. The lowest BCUT2D eigenvalue weighted by Gasteiger charge is -2.05. The van der Waals surface area contributed by atoms with E-state index in [0.29, 0.717) is 6.42 Å². The first-order chi connectivity index (χ1) is 4.09. The smallest absolute Gasteiger partial charge is 0.311 e. The van der Waals surface area contributed by atoms with Gasteiger partial charge >= 0.3 is 5.50 Å². The van der Waals surface area contributed by atoms with Crippen LogP contribution in [0.4, 0.5) is 0 Å². The fourth-order valence-corrected chi connectivity index (χ4v) is 0.513. The minimum Gasteiger partial charge on any atom is -0.385 e. The second-order valence-electron chi connectivity index (χ2n) is 1.63. The number of halogens is 1. The topological polar surface area (TPSA) is 63.4 Å². The average Bonchev–Trinajstić information content (AvgIpc) is 1.84. The van der Waals surface area contributed by atoms with Crippen molar-refractivity contribution in [1.29, 1.82) is 0 Å². The highest BCUT2D eigenvalue weighted by atomic mass is 35.5. The van der Waals surface area contributed by atoms with Gasteiger partial charge in [0.15, 0.2) is 0 Å². The molecular formula is C4H8ClNO3. The van der Waals surface area contributed by atoms with E-state index < -0.39 is 16.5 Å². The third kappa shape index (κ3) is 2.62. The van der Waals surface area contributed by atoms with E-state index in [9.17, 15) is 10.1 Å². The third-order valence-corrected chi connectivity index (χ3v) is 1.39. The summed E-state index contributed by atoms with van der Waals surface area (Å²) in [6.07, 6.45) is -0.739. The Hall–Kier alpha value is -0.350. The molecule has 0 aromatic heterocycles. The van der Waals surface area contributed by atoms with Gasteiger partial charge in [0.2, 0.25) is 0 Å². The second kappa shape index (κ2) is 3.63. The summed E-state index contributed by atoms with van der Waals surface area (Å²) >= 11 is 5.12. The van der Waals surface area contributed by atoms with Gasteiger partial charge in [-0.15, -0.1) is 0 Å². The minimum atomic E-state index is -1.37. The number of hydrogen-bond donors (Lipinski definition) is 1. The van der Waals surface area contributed by atoms with Gasteiger partial charge in [-0.2, -0.15) is 0 Å². The van der Waals surface area contributed by atoms with E-state index in [1.165, 1.54) is 0 Å². The van der Waals surface area contributed by atoms with Crippen LogP contribution in [0.2, 0.25) is 0 Å². The summed E-state index contributed by atoms with van der Waals surface area (Å²) in [5.74, 6) is 0. The molecule has 0 rings (SSSR count). The Morgan fingerprint density at radius 3 is 2.44 bits per heavy atom. The predicted octanol–water partition coefficient (Wildman–Crippen LogP) is 0.599. The molecule has 5 heteroatoms. The fourth-order valence-electron chi connectivity index (χ4n) is 0.335. The normalized spacial score (nSPS) is 16.8. The molecule has 1 N–H and O–H groups in total. The van der Waals surface area contributed by atoms with E-state index in [2.05, 4.69) is 0 Å². The maximum Gasteiger partial charge on any atom is 0.311 e. The lowest BCUT2D eigenvalue weighted by molar-refractivity contribution is -0.509. The van der Waals surface area contributed by atoms with Gasteiger partial charge in [0.05, 0.1) is 0 Å². The van der Waals surface area contributed by atoms with Crippen LogP contribution < -0.4 is 0 Å². The van der Waals surface area contributed by atoms with Crippen LogP contribution in [0.25, 0.3) is 0 Å². The molecule has 2 unspecified atom stereocenters. The van der Waals surface area contributed by atoms with E-state index in [1.807, 2.05) is 0 Å². The zero-order valence-electron chi connectivity index (χ0n) is 4.95. The Bertz CT molecular complexity index is 108. The zero-order valence-corrected chi connectivity index (χ0v) is 5.71. The summed E-state index contributed by atoms with van der Waals surface area (Å²) in [5, 5.41) is 18.5. The van der Waals surface area contributed by atoms with E-state index in [4.69, 9.17) is 16.7 Å². The first-order valence-corrected chi connectivity index (χ1v) is 2.98. The summed E-state index contributed by atoms with van der Waals surface area (Å²) in [7, 11) is 0. The Morgan fingerprint density at radius 2 is 2.33 bits per heavy atom. The van der Waals surface area contributed by atoms with E-state index in [1.54, 1.807) is 6.92 Å². The molecule has 2 atom stereocenters. The molecule has 0 saturated heterocycles.